The summed E-state index contributed by atoms with van der Waals surface area (Å²) in [6.45, 7) is 2.87. The van der Waals surface area contributed by atoms with E-state index in [0.29, 0.717) is 0 Å². The molecule has 0 saturated heterocycles. The summed E-state index contributed by atoms with van der Waals surface area (Å²) in [5.41, 5.74) is 0.884. The van der Waals surface area contributed by atoms with E-state index in [1.54, 1.807) is 12.1 Å². The second-order valence-corrected chi connectivity index (χ2v) is 7.45. The molecule has 0 saturated carbocycles. The van der Waals surface area contributed by atoms with Gasteiger partial charge in [-0.2, -0.15) is 0 Å². The summed E-state index contributed by atoms with van der Waals surface area (Å²) < 4.78 is 21.1. The lowest BCUT2D eigenvalue weighted by Gasteiger charge is -2.32. The molecule has 2 nitrogen and oxygen atoms in total. The molecule has 1 aliphatic rings. The number of nitrogens with one attached hydrogen (secondary N) is 1. The van der Waals surface area contributed by atoms with E-state index in [9.17, 15) is 4.39 Å². The van der Waals surface area contributed by atoms with E-state index in [1.165, 1.54) is 17.4 Å². The van der Waals surface area contributed by atoms with Crippen LogP contribution in [0.1, 0.15) is 35.9 Å². The number of hydrogen-bond donors (Lipinski definition) is 1. The Labute approximate surface area is 140 Å². The van der Waals surface area contributed by atoms with E-state index in [2.05, 4.69) is 21.2 Å². The third-order valence-electron chi connectivity index (χ3n) is 3.50. The van der Waals surface area contributed by atoms with Crippen LogP contribution in [0.25, 0.3) is 0 Å². The van der Waals surface area contributed by atoms with Crippen LogP contribution >= 0.6 is 38.9 Å². The van der Waals surface area contributed by atoms with Crippen molar-refractivity contribution in [1.82, 2.24) is 5.32 Å². The Kier molecular flexibility index (Phi) is 4.54. The van der Waals surface area contributed by atoms with Gasteiger partial charge in [0.15, 0.2) is 0 Å². The summed E-state index contributed by atoms with van der Waals surface area (Å²) in [5.74, 6) is 0.500. The molecule has 3 rings (SSSR count). The summed E-state index contributed by atoms with van der Waals surface area (Å²) in [4.78, 5) is 1.07. The van der Waals surface area contributed by atoms with Crippen LogP contribution in [-0.2, 0) is 0 Å². The first-order valence-electron chi connectivity index (χ1n) is 6.72. The molecule has 2 unspecified atom stereocenters. The molecule has 1 aromatic heterocycles. The molecule has 21 heavy (non-hydrogen) atoms. The fraction of sp³-hybridized carbons (Fsp3) is 0.333. The van der Waals surface area contributed by atoms with Crippen LogP contribution in [0, 0.1) is 5.82 Å². The number of ether oxygens (including phenoxy) is 1. The summed E-state index contributed by atoms with van der Waals surface area (Å²) in [6, 6.07) is 6.76. The zero-order chi connectivity index (χ0) is 15.0. The van der Waals surface area contributed by atoms with Gasteiger partial charge in [0.2, 0.25) is 0 Å². The SMILES string of the molecule is CCNC1CC(c2cc(Br)c(Cl)s2)Oc2ccc(F)cc21. The average molecular weight is 391 g/mol. The summed E-state index contributed by atoms with van der Waals surface area (Å²) >= 11 is 11.1. The van der Waals surface area contributed by atoms with E-state index < -0.39 is 0 Å². The second kappa shape index (κ2) is 6.24. The van der Waals surface area contributed by atoms with Gasteiger partial charge in [-0.25, -0.2) is 4.39 Å². The molecule has 2 atom stereocenters. The van der Waals surface area contributed by atoms with Crippen LogP contribution in [0.5, 0.6) is 5.75 Å². The maximum atomic E-state index is 13.5. The van der Waals surface area contributed by atoms with Gasteiger partial charge < -0.3 is 10.1 Å². The van der Waals surface area contributed by atoms with E-state index in [0.717, 1.165) is 38.0 Å². The highest BCUT2D eigenvalue weighted by Gasteiger charge is 2.30. The first-order chi connectivity index (χ1) is 10.1. The van der Waals surface area contributed by atoms with Gasteiger partial charge in [0.05, 0.1) is 0 Å². The Morgan fingerprint density at radius 3 is 2.95 bits per heavy atom. The molecule has 2 heterocycles. The van der Waals surface area contributed by atoms with Crippen LogP contribution in [0.4, 0.5) is 4.39 Å². The van der Waals surface area contributed by atoms with Crippen molar-refractivity contribution in [2.45, 2.75) is 25.5 Å². The molecule has 112 valence electrons. The monoisotopic (exact) mass is 389 g/mol. The number of thiophene rings is 1. The minimum absolute atomic E-state index is 0.0687. The Morgan fingerprint density at radius 1 is 1.48 bits per heavy atom. The minimum Gasteiger partial charge on any atom is -0.484 e. The topological polar surface area (TPSA) is 21.3 Å². The fourth-order valence-corrected chi connectivity index (χ4v) is 4.36. The maximum Gasteiger partial charge on any atom is 0.135 e. The molecular weight excluding hydrogens is 377 g/mol. The molecule has 0 spiro atoms. The second-order valence-electron chi connectivity index (χ2n) is 4.91. The number of fused-ring (bicyclic) bond motifs is 1. The zero-order valence-electron chi connectivity index (χ0n) is 11.3. The number of benzene rings is 1. The largest absolute Gasteiger partial charge is 0.484 e. The quantitative estimate of drug-likeness (QED) is 0.749. The van der Waals surface area contributed by atoms with Crippen molar-refractivity contribution < 1.29 is 9.13 Å². The number of rotatable bonds is 3. The predicted octanol–water partition coefficient (Wildman–Crippen LogP) is 5.48. The van der Waals surface area contributed by atoms with Gasteiger partial charge in [0, 0.05) is 27.4 Å². The molecule has 0 aliphatic carbocycles. The minimum atomic E-state index is -0.236. The van der Waals surface area contributed by atoms with Crippen molar-refractivity contribution >= 4 is 38.9 Å². The molecule has 1 aliphatic heterocycles. The van der Waals surface area contributed by atoms with Gasteiger partial charge >= 0.3 is 0 Å². The van der Waals surface area contributed by atoms with Gasteiger partial charge in [0.1, 0.15) is 22.0 Å². The van der Waals surface area contributed by atoms with Crippen LogP contribution in [0.2, 0.25) is 4.34 Å². The molecule has 0 bridgehead atoms. The van der Waals surface area contributed by atoms with Crippen molar-refractivity contribution in [1.29, 1.82) is 0 Å². The Balaban J connectivity index is 1.95. The van der Waals surface area contributed by atoms with E-state index in [1.807, 2.05) is 13.0 Å². The van der Waals surface area contributed by atoms with E-state index >= 15 is 0 Å². The molecule has 2 aromatic rings. The standard InChI is InChI=1S/C15H14BrClFNOS/c1-2-19-11-7-13(14-6-10(16)15(17)21-14)20-12-4-3-8(18)5-9(11)12/h3-6,11,13,19H,2,7H2,1H3. The zero-order valence-corrected chi connectivity index (χ0v) is 14.5. The molecule has 0 radical (unpaired) electrons. The van der Waals surface area contributed by atoms with Gasteiger partial charge in [-0.15, -0.1) is 11.3 Å². The summed E-state index contributed by atoms with van der Waals surface area (Å²) in [6.07, 6.45) is 0.689. The highest BCUT2D eigenvalue weighted by atomic mass is 79.9. The Bertz CT molecular complexity index is 644. The third-order valence-corrected chi connectivity index (χ3v) is 6.07. The van der Waals surface area contributed by atoms with Crippen LogP contribution in [0.3, 0.4) is 0 Å². The summed E-state index contributed by atoms with van der Waals surface area (Å²) in [7, 11) is 0. The fourth-order valence-electron chi connectivity index (χ4n) is 2.58. The third kappa shape index (κ3) is 3.11. The lowest BCUT2D eigenvalue weighted by molar-refractivity contribution is 0.155. The van der Waals surface area contributed by atoms with Gasteiger partial charge in [-0.1, -0.05) is 18.5 Å². The average Bonchev–Trinajstić information content (AvgIpc) is 2.79. The molecule has 1 aromatic carbocycles. The van der Waals surface area contributed by atoms with Gasteiger partial charge in [0.25, 0.3) is 0 Å². The molecule has 1 N–H and O–H groups in total. The summed E-state index contributed by atoms with van der Waals surface area (Å²) in [5, 5.41) is 3.40. The highest BCUT2D eigenvalue weighted by molar-refractivity contribution is 9.10. The lowest BCUT2D eigenvalue weighted by atomic mass is 9.95. The Hall–Kier alpha value is -0.620. The van der Waals surface area contributed by atoms with Crippen molar-refractivity contribution in [3.8, 4) is 5.75 Å². The molecule has 6 heteroatoms. The normalized spacial score (nSPS) is 21.0. The smallest absolute Gasteiger partial charge is 0.135 e. The van der Waals surface area contributed by atoms with Gasteiger partial charge in [-0.05, 0) is 46.7 Å². The number of hydrogen-bond acceptors (Lipinski definition) is 3. The van der Waals surface area contributed by atoms with Crippen molar-refractivity contribution in [3.63, 3.8) is 0 Å². The molecule has 0 amide bonds. The highest BCUT2D eigenvalue weighted by Crippen LogP contribution is 2.45. The van der Waals surface area contributed by atoms with Gasteiger partial charge in [-0.3, -0.25) is 0 Å². The first kappa shape index (κ1) is 15.3. The van der Waals surface area contributed by atoms with Crippen LogP contribution < -0.4 is 10.1 Å². The van der Waals surface area contributed by atoms with Crippen molar-refractivity contribution in [2.24, 2.45) is 0 Å². The molecule has 0 fully saturated rings. The lowest BCUT2D eigenvalue weighted by Crippen LogP contribution is -2.28. The van der Waals surface area contributed by atoms with Crippen LogP contribution in [-0.4, -0.2) is 6.54 Å². The predicted molar refractivity (Wildman–Crippen MR) is 87.8 cm³/mol. The maximum absolute atomic E-state index is 13.5. The Morgan fingerprint density at radius 2 is 2.29 bits per heavy atom. The number of halogens is 3. The van der Waals surface area contributed by atoms with E-state index in [-0.39, 0.29) is 18.0 Å². The molecular formula is C15H14BrClFNOS. The van der Waals surface area contributed by atoms with Crippen molar-refractivity contribution in [2.75, 3.05) is 6.54 Å². The van der Waals surface area contributed by atoms with Crippen LogP contribution in [0.15, 0.2) is 28.7 Å². The van der Waals surface area contributed by atoms with Crippen molar-refractivity contribution in [3.05, 3.63) is 49.3 Å². The first-order valence-corrected chi connectivity index (χ1v) is 8.71. The van der Waals surface area contributed by atoms with E-state index in [4.69, 9.17) is 16.3 Å².